The zero-order valence-corrected chi connectivity index (χ0v) is 7.40. The zero-order valence-electron chi connectivity index (χ0n) is 7.40. The van der Waals surface area contributed by atoms with E-state index in [1.807, 2.05) is 0 Å². The van der Waals surface area contributed by atoms with Crippen LogP contribution in [0.4, 0.5) is 0 Å². The normalized spacial score (nSPS) is 10.3. The number of carbonyl (C=O) groups is 1. The smallest absolute Gasteiger partial charge is 0.339 e. The Balaban J connectivity index is 2.76. The Labute approximate surface area is 75.6 Å². The van der Waals surface area contributed by atoms with Gasteiger partial charge in [-0.3, -0.25) is 4.68 Å². The van der Waals surface area contributed by atoms with E-state index in [-0.39, 0.29) is 12.2 Å². The average Bonchev–Trinajstić information content (AvgIpc) is 2.43. The zero-order chi connectivity index (χ0) is 9.84. The third-order valence-electron chi connectivity index (χ3n) is 1.72. The second kappa shape index (κ2) is 4.04. The number of nitrogens with zero attached hydrogens (tertiary/aromatic N) is 2. The van der Waals surface area contributed by atoms with Gasteiger partial charge in [0.1, 0.15) is 5.56 Å². The molecule has 0 aliphatic carbocycles. The number of rotatable bonds is 4. The van der Waals surface area contributed by atoms with Crippen LogP contribution in [0.1, 0.15) is 22.5 Å². The van der Waals surface area contributed by atoms with Gasteiger partial charge >= 0.3 is 5.97 Å². The lowest BCUT2D eigenvalue weighted by Crippen LogP contribution is -2.00. The van der Waals surface area contributed by atoms with Gasteiger partial charge in [0.2, 0.25) is 0 Å². The summed E-state index contributed by atoms with van der Waals surface area (Å²) < 4.78 is 1.54. The van der Waals surface area contributed by atoms with Crippen molar-refractivity contribution in [1.29, 1.82) is 0 Å². The fourth-order valence-corrected chi connectivity index (χ4v) is 1.08. The maximum atomic E-state index is 10.6. The Morgan fingerprint density at radius 2 is 2.38 bits per heavy atom. The Morgan fingerprint density at radius 1 is 1.69 bits per heavy atom. The first-order valence-electron chi connectivity index (χ1n) is 4.03. The molecule has 72 valence electrons. The van der Waals surface area contributed by atoms with E-state index in [0.29, 0.717) is 18.7 Å². The van der Waals surface area contributed by atoms with Crippen LogP contribution in [0.3, 0.4) is 0 Å². The molecule has 0 radical (unpaired) electrons. The van der Waals surface area contributed by atoms with Crippen LogP contribution in [0.2, 0.25) is 0 Å². The number of aliphatic hydroxyl groups is 1. The molecule has 1 heterocycles. The largest absolute Gasteiger partial charge is 0.478 e. The summed E-state index contributed by atoms with van der Waals surface area (Å²) in [6.45, 7) is 2.28. The highest BCUT2D eigenvalue weighted by molar-refractivity contribution is 5.88. The SMILES string of the molecule is Cc1nn(CCCO)cc1C(=O)O. The molecule has 0 aromatic carbocycles. The number of aromatic nitrogens is 2. The van der Waals surface area contributed by atoms with Crippen molar-refractivity contribution in [3.8, 4) is 0 Å². The van der Waals surface area contributed by atoms with E-state index >= 15 is 0 Å². The van der Waals surface area contributed by atoms with Crippen LogP contribution in [-0.2, 0) is 6.54 Å². The maximum absolute atomic E-state index is 10.6. The summed E-state index contributed by atoms with van der Waals surface area (Å²) in [4.78, 5) is 10.6. The third kappa shape index (κ3) is 2.29. The van der Waals surface area contributed by atoms with Gasteiger partial charge in [-0.05, 0) is 13.3 Å². The van der Waals surface area contributed by atoms with Gasteiger partial charge in [-0.2, -0.15) is 5.10 Å². The predicted octanol–water partition coefficient (Wildman–Crippen LogP) is 0.272. The molecule has 0 fully saturated rings. The highest BCUT2D eigenvalue weighted by Crippen LogP contribution is 2.05. The Bertz CT molecular complexity index is 306. The number of aromatic carboxylic acids is 1. The van der Waals surface area contributed by atoms with Crippen molar-refractivity contribution in [1.82, 2.24) is 9.78 Å². The van der Waals surface area contributed by atoms with Gasteiger partial charge in [-0.1, -0.05) is 0 Å². The van der Waals surface area contributed by atoms with Crippen LogP contribution in [0.15, 0.2) is 6.20 Å². The standard InChI is InChI=1S/C8H12N2O3/c1-6-7(8(12)13)5-10(9-6)3-2-4-11/h5,11H,2-4H2,1H3,(H,12,13). The molecular formula is C8H12N2O3. The van der Waals surface area contributed by atoms with Crippen LogP contribution < -0.4 is 0 Å². The van der Waals surface area contributed by atoms with Crippen LogP contribution in [-0.4, -0.2) is 32.6 Å². The summed E-state index contributed by atoms with van der Waals surface area (Å²) in [7, 11) is 0. The van der Waals surface area contributed by atoms with E-state index in [9.17, 15) is 4.79 Å². The van der Waals surface area contributed by atoms with Crippen LogP contribution in [0.25, 0.3) is 0 Å². The van der Waals surface area contributed by atoms with Crippen molar-refractivity contribution in [3.63, 3.8) is 0 Å². The molecule has 0 saturated carbocycles. The number of aliphatic hydroxyl groups excluding tert-OH is 1. The molecule has 1 rings (SSSR count). The van der Waals surface area contributed by atoms with Crippen molar-refractivity contribution in [3.05, 3.63) is 17.5 Å². The molecule has 0 atom stereocenters. The number of carboxylic acids is 1. The second-order valence-electron chi connectivity index (χ2n) is 2.77. The topological polar surface area (TPSA) is 75.3 Å². The molecule has 2 N–H and O–H groups in total. The lowest BCUT2D eigenvalue weighted by atomic mass is 10.3. The fraction of sp³-hybridized carbons (Fsp3) is 0.500. The first-order chi connectivity index (χ1) is 6.15. The minimum atomic E-state index is -0.965. The predicted molar refractivity (Wildman–Crippen MR) is 45.6 cm³/mol. The van der Waals surface area contributed by atoms with E-state index in [1.54, 1.807) is 6.92 Å². The second-order valence-corrected chi connectivity index (χ2v) is 2.77. The van der Waals surface area contributed by atoms with Crippen molar-refractivity contribution >= 4 is 5.97 Å². The minimum Gasteiger partial charge on any atom is -0.478 e. The molecular weight excluding hydrogens is 172 g/mol. The summed E-state index contributed by atoms with van der Waals surface area (Å²) in [5, 5.41) is 21.3. The summed E-state index contributed by atoms with van der Waals surface area (Å²) in [6, 6.07) is 0. The van der Waals surface area contributed by atoms with Crippen molar-refractivity contribution in [2.75, 3.05) is 6.61 Å². The first-order valence-corrected chi connectivity index (χ1v) is 4.03. The number of aryl methyl sites for hydroxylation is 2. The quantitative estimate of drug-likeness (QED) is 0.704. The van der Waals surface area contributed by atoms with E-state index < -0.39 is 5.97 Å². The van der Waals surface area contributed by atoms with E-state index in [2.05, 4.69) is 5.10 Å². The lowest BCUT2D eigenvalue weighted by molar-refractivity contribution is 0.0696. The van der Waals surface area contributed by atoms with E-state index in [4.69, 9.17) is 10.2 Å². The van der Waals surface area contributed by atoms with Gasteiger partial charge in [0, 0.05) is 19.3 Å². The van der Waals surface area contributed by atoms with Crippen molar-refractivity contribution in [2.24, 2.45) is 0 Å². The molecule has 1 aromatic rings. The van der Waals surface area contributed by atoms with Crippen molar-refractivity contribution < 1.29 is 15.0 Å². The third-order valence-corrected chi connectivity index (χ3v) is 1.72. The maximum Gasteiger partial charge on any atom is 0.339 e. The van der Waals surface area contributed by atoms with Gasteiger partial charge in [0.05, 0.1) is 5.69 Å². The summed E-state index contributed by atoms with van der Waals surface area (Å²) in [5.41, 5.74) is 0.725. The lowest BCUT2D eigenvalue weighted by Gasteiger charge is -1.96. The molecule has 0 unspecified atom stereocenters. The molecule has 0 aliphatic rings. The van der Waals surface area contributed by atoms with Gasteiger partial charge < -0.3 is 10.2 Å². The molecule has 0 aliphatic heterocycles. The van der Waals surface area contributed by atoms with Gasteiger partial charge in [0.15, 0.2) is 0 Å². The molecule has 5 heteroatoms. The number of hydrogen-bond donors (Lipinski definition) is 2. The Morgan fingerprint density at radius 3 is 2.85 bits per heavy atom. The molecule has 5 nitrogen and oxygen atoms in total. The highest BCUT2D eigenvalue weighted by atomic mass is 16.4. The number of hydrogen-bond acceptors (Lipinski definition) is 3. The van der Waals surface area contributed by atoms with Gasteiger partial charge in [-0.15, -0.1) is 0 Å². The summed E-state index contributed by atoms with van der Waals surface area (Å²) >= 11 is 0. The molecule has 13 heavy (non-hydrogen) atoms. The van der Waals surface area contributed by atoms with Crippen LogP contribution >= 0.6 is 0 Å². The number of carboxylic acid groups (broad SMARTS) is 1. The Kier molecular flexibility index (Phi) is 3.02. The fourth-order valence-electron chi connectivity index (χ4n) is 1.08. The van der Waals surface area contributed by atoms with E-state index in [0.717, 1.165) is 0 Å². The Hall–Kier alpha value is -1.36. The molecule has 0 amide bonds. The van der Waals surface area contributed by atoms with Gasteiger partial charge in [0.25, 0.3) is 0 Å². The molecule has 0 bridgehead atoms. The summed E-state index contributed by atoms with van der Waals surface area (Å²) in [6.07, 6.45) is 2.06. The van der Waals surface area contributed by atoms with Crippen molar-refractivity contribution in [2.45, 2.75) is 19.9 Å². The minimum absolute atomic E-state index is 0.0846. The average molecular weight is 184 g/mol. The van der Waals surface area contributed by atoms with Crippen LogP contribution in [0, 0.1) is 6.92 Å². The van der Waals surface area contributed by atoms with Gasteiger partial charge in [-0.25, -0.2) is 4.79 Å². The highest BCUT2D eigenvalue weighted by Gasteiger charge is 2.10. The summed E-state index contributed by atoms with van der Waals surface area (Å²) in [5.74, 6) is -0.965. The first kappa shape index (κ1) is 9.73. The monoisotopic (exact) mass is 184 g/mol. The molecule has 0 spiro atoms. The van der Waals surface area contributed by atoms with Crippen LogP contribution in [0.5, 0.6) is 0 Å². The van der Waals surface area contributed by atoms with E-state index in [1.165, 1.54) is 10.9 Å². The molecule has 1 aromatic heterocycles. The molecule has 0 saturated heterocycles.